The number of nitrogens with zero attached hydrogens (tertiary/aromatic N) is 1. The van der Waals surface area contributed by atoms with E-state index in [1.165, 1.54) is 0 Å². The van der Waals surface area contributed by atoms with E-state index < -0.39 is 0 Å². The number of anilines is 1. The monoisotopic (exact) mass is 354 g/mol. The molecule has 1 atom stereocenters. The minimum atomic E-state index is -0.216. The summed E-state index contributed by atoms with van der Waals surface area (Å²) in [4.78, 5) is 25.7. The van der Waals surface area contributed by atoms with Gasteiger partial charge in [-0.2, -0.15) is 0 Å². The Bertz CT molecular complexity index is 521. The molecule has 0 radical (unpaired) electrons. The quantitative estimate of drug-likeness (QED) is 0.847. The van der Waals surface area contributed by atoms with Crippen LogP contribution in [-0.2, 0) is 9.53 Å². The van der Waals surface area contributed by atoms with Crippen molar-refractivity contribution >= 4 is 33.6 Å². The molecule has 1 aromatic rings. The van der Waals surface area contributed by atoms with Crippen LogP contribution in [0, 0.1) is 5.92 Å². The number of carbonyl (C=O) groups excluding carboxylic acids is 2. The molecule has 6 heteroatoms. The first-order chi connectivity index (χ1) is 10.1. The van der Waals surface area contributed by atoms with Crippen molar-refractivity contribution in [3.63, 3.8) is 0 Å². The molecule has 21 heavy (non-hydrogen) atoms. The fourth-order valence-electron chi connectivity index (χ4n) is 2.38. The van der Waals surface area contributed by atoms with Crippen molar-refractivity contribution in [2.24, 2.45) is 5.92 Å². The van der Waals surface area contributed by atoms with E-state index in [4.69, 9.17) is 4.74 Å². The molecule has 114 valence electrons. The lowest BCUT2D eigenvalue weighted by molar-refractivity contribution is -0.149. The van der Waals surface area contributed by atoms with Crippen LogP contribution in [-0.4, -0.2) is 36.6 Å². The Morgan fingerprint density at radius 3 is 3.00 bits per heavy atom. The average molecular weight is 355 g/mol. The lowest BCUT2D eigenvalue weighted by Gasteiger charge is -2.31. The standard InChI is InChI=1S/C15H19BrN2O3/c1-2-21-14(19)11-5-4-8-18(10-11)15(20)17-13-7-3-6-12(16)9-13/h3,6-7,9,11H,2,4-5,8,10H2,1H3,(H,17,20). The van der Waals surface area contributed by atoms with Crippen LogP contribution in [0.4, 0.5) is 10.5 Å². The number of nitrogens with one attached hydrogen (secondary N) is 1. The molecule has 1 aromatic carbocycles. The summed E-state index contributed by atoms with van der Waals surface area (Å²) in [7, 11) is 0. The zero-order valence-electron chi connectivity index (χ0n) is 12.0. The van der Waals surface area contributed by atoms with E-state index in [-0.39, 0.29) is 17.9 Å². The van der Waals surface area contributed by atoms with Gasteiger partial charge in [0.05, 0.1) is 12.5 Å². The summed E-state index contributed by atoms with van der Waals surface area (Å²) in [6.07, 6.45) is 1.59. The van der Waals surface area contributed by atoms with Gasteiger partial charge in [-0.1, -0.05) is 22.0 Å². The molecule has 1 saturated heterocycles. The first-order valence-electron chi connectivity index (χ1n) is 7.08. The zero-order chi connectivity index (χ0) is 15.2. The van der Waals surface area contributed by atoms with Gasteiger partial charge in [-0.25, -0.2) is 4.79 Å². The van der Waals surface area contributed by atoms with Gasteiger partial charge >= 0.3 is 12.0 Å². The molecule has 1 aliphatic heterocycles. The summed E-state index contributed by atoms with van der Waals surface area (Å²) in [5.74, 6) is -0.426. The van der Waals surface area contributed by atoms with Crippen LogP contribution in [0.3, 0.4) is 0 Å². The maximum atomic E-state index is 12.3. The molecule has 1 fully saturated rings. The molecule has 0 spiro atoms. The van der Waals surface area contributed by atoms with Crippen molar-refractivity contribution in [1.29, 1.82) is 0 Å². The van der Waals surface area contributed by atoms with Gasteiger partial charge in [0.15, 0.2) is 0 Å². The summed E-state index contributed by atoms with van der Waals surface area (Å²) in [5.41, 5.74) is 0.729. The number of hydrogen-bond acceptors (Lipinski definition) is 3. The largest absolute Gasteiger partial charge is 0.466 e. The van der Waals surface area contributed by atoms with E-state index >= 15 is 0 Å². The second-order valence-electron chi connectivity index (χ2n) is 4.98. The number of ether oxygens (including phenoxy) is 1. The van der Waals surface area contributed by atoms with Crippen molar-refractivity contribution < 1.29 is 14.3 Å². The fraction of sp³-hybridized carbons (Fsp3) is 0.467. The normalized spacial score (nSPS) is 18.2. The molecule has 0 aromatic heterocycles. The molecular weight excluding hydrogens is 336 g/mol. The highest BCUT2D eigenvalue weighted by Gasteiger charge is 2.29. The van der Waals surface area contributed by atoms with Crippen LogP contribution in [0.2, 0.25) is 0 Å². The van der Waals surface area contributed by atoms with Gasteiger partial charge < -0.3 is 15.0 Å². The number of likely N-dealkylation sites (tertiary alicyclic amines) is 1. The van der Waals surface area contributed by atoms with Crippen LogP contribution in [0.1, 0.15) is 19.8 Å². The SMILES string of the molecule is CCOC(=O)C1CCCN(C(=O)Nc2cccc(Br)c2)C1. The minimum Gasteiger partial charge on any atom is -0.466 e. The molecule has 1 heterocycles. The summed E-state index contributed by atoms with van der Waals surface area (Å²) >= 11 is 3.37. The second kappa shape index (κ2) is 7.45. The Morgan fingerprint density at radius 2 is 2.29 bits per heavy atom. The summed E-state index contributed by atoms with van der Waals surface area (Å²) < 4.78 is 5.95. The van der Waals surface area contributed by atoms with E-state index in [9.17, 15) is 9.59 Å². The number of urea groups is 1. The van der Waals surface area contributed by atoms with Gasteiger partial charge in [-0.3, -0.25) is 4.79 Å². The van der Waals surface area contributed by atoms with Crippen molar-refractivity contribution in [1.82, 2.24) is 4.90 Å². The summed E-state index contributed by atoms with van der Waals surface area (Å²) in [5, 5.41) is 2.85. The van der Waals surface area contributed by atoms with Crippen LogP contribution in [0.25, 0.3) is 0 Å². The Hall–Kier alpha value is -1.56. The molecule has 0 aliphatic carbocycles. The van der Waals surface area contributed by atoms with E-state index in [1.807, 2.05) is 24.3 Å². The first kappa shape index (κ1) is 15.8. The maximum Gasteiger partial charge on any atom is 0.321 e. The third kappa shape index (κ3) is 4.46. The number of rotatable bonds is 3. The number of hydrogen-bond donors (Lipinski definition) is 1. The molecule has 5 nitrogen and oxygen atoms in total. The predicted molar refractivity (Wildman–Crippen MR) is 84.1 cm³/mol. The minimum absolute atomic E-state index is 0.179. The maximum absolute atomic E-state index is 12.3. The first-order valence-corrected chi connectivity index (χ1v) is 7.87. The van der Waals surface area contributed by atoms with Gasteiger partial charge in [-0.15, -0.1) is 0 Å². The van der Waals surface area contributed by atoms with E-state index in [1.54, 1.807) is 11.8 Å². The molecule has 1 aliphatic rings. The third-order valence-corrected chi connectivity index (χ3v) is 3.90. The molecule has 0 bridgehead atoms. The molecule has 0 saturated carbocycles. The van der Waals surface area contributed by atoms with Crippen LogP contribution in [0.15, 0.2) is 28.7 Å². The zero-order valence-corrected chi connectivity index (χ0v) is 13.6. The number of carbonyl (C=O) groups is 2. The predicted octanol–water partition coefficient (Wildman–Crippen LogP) is 3.26. The highest BCUT2D eigenvalue weighted by atomic mass is 79.9. The Labute approximate surface area is 132 Å². The fourth-order valence-corrected chi connectivity index (χ4v) is 2.78. The van der Waals surface area contributed by atoms with Crippen molar-refractivity contribution in [3.8, 4) is 0 Å². The van der Waals surface area contributed by atoms with Crippen LogP contribution >= 0.6 is 15.9 Å². The smallest absolute Gasteiger partial charge is 0.321 e. The van der Waals surface area contributed by atoms with Gasteiger partial charge in [0.25, 0.3) is 0 Å². The van der Waals surface area contributed by atoms with E-state index in [0.29, 0.717) is 19.7 Å². The Morgan fingerprint density at radius 1 is 1.48 bits per heavy atom. The lowest BCUT2D eigenvalue weighted by atomic mass is 9.98. The average Bonchev–Trinajstić information content (AvgIpc) is 2.47. The topological polar surface area (TPSA) is 58.6 Å². The van der Waals surface area contributed by atoms with Crippen LogP contribution in [0.5, 0.6) is 0 Å². The third-order valence-electron chi connectivity index (χ3n) is 3.40. The number of piperidine rings is 1. The molecule has 2 rings (SSSR count). The second-order valence-corrected chi connectivity index (χ2v) is 5.89. The van der Waals surface area contributed by atoms with Gasteiger partial charge in [-0.05, 0) is 38.0 Å². The van der Waals surface area contributed by atoms with Crippen LogP contribution < -0.4 is 5.32 Å². The Balaban J connectivity index is 1.94. The van der Waals surface area contributed by atoms with Gasteiger partial charge in [0, 0.05) is 23.2 Å². The highest BCUT2D eigenvalue weighted by Crippen LogP contribution is 2.20. The highest BCUT2D eigenvalue weighted by molar-refractivity contribution is 9.10. The summed E-state index contributed by atoms with van der Waals surface area (Å²) in [6.45, 7) is 3.24. The summed E-state index contributed by atoms with van der Waals surface area (Å²) in [6, 6.07) is 7.24. The number of halogens is 1. The number of amides is 2. The van der Waals surface area contributed by atoms with Gasteiger partial charge in [0.1, 0.15) is 0 Å². The van der Waals surface area contributed by atoms with Crippen molar-refractivity contribution in [3.05, 3.63) is 28.7 Å². The number of esters is 1. The van der Waals surface area contributed by atoms with Crippen molar-refractivity contribution in [2.45, 2.75) is 19.8 Å². The molecule has 2 amide bonds. The molecule has 1 unspecified atom stereocenters. The van der Waals surface area contributed by atoms with Gasteiger partial charge in [0.2, 0.25) is 0 Å². The lowest BCUT2D eigenvalue weighted by Crippen LogP contribution is -2.44. The van der Waals surface area contributed by atoms with Crippen molar-refractivity contribution in [2.75, 3.05) is 25.0 Å². The van der Waals surface area contributed by atoms with E-state index in [2.05, 4.69) is 21.2 Å². The number of benzene rings is 1. The molecule has 1 N–H and O–H groups in total. The Kier molecular flexibility index (Phi) is 5.61. The van der Waals surface area contributed by atoms with E-state index in [0.717, 1.165) is 23.0 Å². The molecular formula is C15H19BrN2O3.